The van der Waals surface area contributed by atoms with Gasteiger partial charge in [0, 0.05) is 30.0 Å². The summed E-state index contributed by atoms with van der Waals surface area (Å²) in [5, 5.41) is 5.68. The minimum absolute atomic E-state index is 0.0212. The molecule has 0 spiro atoms. The molecule has 1 fully saturated rings. The zero-order valence-electron chi connectivity index (χ0n) is 18.2. The lowest BCUT2D eigenvalue weighted by Gasteiger charge is -2.21. The first-order valence-corrected chi connectivity index (χ1v) is 10.7. The molecule has 0 unspecified atom stereocenters. The number of amides is 3. The number of methoxy groups -OCH3 is 1. The molecule has 2 aromatic carbocycles. The van der Waals surface area contributed by atoms with E-state index < -0.39 is 0 Å². The van der Waals surface area contributed by atoms with E-state index in [0.717, 1.165) is 35.5 Å². The number of hydrogen-bond donors (Lipinski definition) is 2. The van der Waals surface area contributed by atoms with Gasteiger partial charge in [0.2, 0.25) is 11.9 Å². The van der Waals surface area contributed by atoms with Gasteiger partial charge in [0.05, 0.1) is 12.8 Å². The number of rotatable bonds is 8. The van der Waals surface area contributed by atoms with Crippen LogP contribution >= 0.6 is 0 Å². The van der Waals surface area contributed by atoms with Gasteiger partial charge in [-0.3, -0.25) is 14.7 Å². The molecule has 0 radical (unpaired) electrons. The van der Waals surface area contributed by atoms with Crippen molar-refractivity contribution in [2.45, 2.75) is 25.8 Å². The number of aromatic nitrogens is 2. The van der Waals surface area contributed by atoms with Gasteiger partial charge in [-0.25, -0.2) is 9.78 Å². The van der Waals surface area contributed by atoms with Gasteiger partial charge in [-0.15, -0.1) is 0 Å². The molecule has 0 bridgehead atoms. The molecule has 3 aromatic rings. The van der Waals surface area contributed by atoms with Gasteiger partial charge < -0.3 is 15.0 Å². The summed E-state index contributed by atoms with van der Waals surface area (Å²) in [4.78, 5) is 31.5. The fraction of sp³-hybridized carbons (Fsp3) is 0.292. The Morgan fingerprint density at radius 1 is 1.12 bits per heavy atom. The normalized spacial score (nSPS) is 12.8. The third-order valence-corrected chi connectivity index (χ3v) is 5.27. The largest absolute Gasteiger partial charge is 0.497 e. The summed E-state index contributed by atoms with van der Waals surface area (Å²) >= 11 is 0. The van der Waals surface area contributed by atoms with Gasteiger partial charge in [0.1, 0.15) is 12.3 Å². The van der Waals surface area contributed by atoms with Gasteiger partial charge in [-0.05, 0) is 44.0 Å². The highest BCUT2D eigenvalue weighted by Crippen LogP contribution is 2.28. The van der Waals surface area contributed by atoms with E-state index in [1.165, 1.54) is 0 Å². The Hall–Kier alpha value is -3.81. The Morgan fingerprint density at radius 3 is 2.47 bits per heavy atom. The molecule has 1 saturated carbocycles. The van der Waals surface area contributed by atoms with Crippen LogP contribution in [0.2, 0.25) is 0 Å². The standard InChI is InChI=1S/C24H27N5O3/c1-3-25-24(31)29(19-9-10-19)16-22(30)27-23-26-21(17-7-5-4-6-8-17)15-28(23)18-11-13-20(32-2)14-12-18/h4-8,11-15,19H,3,9-10,16H2,1-2H3,(H,25,31)(H,26,27,30). The van der Waals surface area contributed by atoms with E-state index in [9.17, 15) is 9.59 Å². The van der Waals surface area contributed by atoms with Gasteiger partial charge in [0.25, 0.3) is 0 Å². The van der Waals surface area contributed by atoms with Crippen LogP contribution in [0.5, 0.6) is 5.75 Å². The van der Waals surface area contributed by atoms with E-state index in [2.05, 4.69) is 15.6 Å². The SMILES string of the molecule is CCNC(=O)N(CC(=O)Nc1nc(-c2ccccc2)cn1-c1ccc(OC)cc1)C1CC1. The highest BCUT2D eigenvalue weighted by Gasteiger charge is 2.34. The summed E-state index contributed by atoms with van der Waals surface area (Å²) in [5.41, 5.74) is 2.51. The molecule has 8 nitrogen and oxygen atoms in total. The summed E-state index contributed by atoms with van der Waals surface area (Å²) < 4.78 is 7.08. The van der Waals surface area contributed by atoms with Gasteiger partial charge in [-0.2, -0.15) is 0 Å². The second kappa shape index (κ2) is 9.55. The van der Waals surface area contributed by atoms with Gasteiger partial charge in [0.15, 0.2) is 0 Å². The third kappa shape index (κ3) is 4.91. The first-order chi connectivity index (χ1) is 15.6. The van der Waals surface area contributed by atoms with Crippen molar-refractivity contribution < 1.29 is 14.3 Å². The molecule has 166 valence electrons. The van der Waals surface area contributed by atoms with E-state index in [1.54, 1.807) is 12.0 Å². The Balaban J connectivity index is 1.60. The van der Waals surface area contributed by atoms with Crippen LogP contribution < -0.4 is 15.4 Å². The summed E-state index contributed by atoms with van der Waals surface area (Å²) in [5.74, 6) is 0.846. The van der Waals surface area contributed by atoms with Crippen molar-refractivity contribution in [3.63, 3.8) is 0 Å². The zero-order valence-corrected chi connectivity index (χ0v) is 18.2. The fourth-order valence-corrected chi connectivity index (χ4v) is 3.48. The van der Waals surface area contributed by atoms with Crippen LogP contribution in [0.25, 0.3) is 16.9 Å². The smallest absolute Gasteiger partial charge is 0.318 e. The molecular formula is C24H27N5O3. The van der Waals surface area contributed by atoms with Crippen LogP contribution in [-0.4, -0.2) is 52.6 Å². The number of ether oxygens (including phenoxy) is 1. The molecule has 32 heavy (non-hydrogen) atoms. The molecule has 4 rings (SSSR count). The van der Waals surface area contributed by atoms with E-state index in [-0.39, 0.29) is 24.5 Å². The summed E-state index contributed by atoms with van der Waals surface area (Å²) in [6.45, 7) is 2.36. The maximum atomic E-state index is 12.9. The number of nitrogens with zero attached hydrogens (tertiary/aromatic N) is 3. The van der Waals surface area contributed by atoms with Gasteiger partial charge >= 0.3 is 6.03 Å². The fourth-order valence-electron chi connectivity index (χ4n) is 3.48. The Morgan fingerprint density at radius 2 is 1.84 bits per heavy atom. The minimum Gasteiger partial charge on any atom is -0.497 e. The molecular weight excluding hydrogens is 406 g/mol. The van der Waals surface area contributed by atoms with Crippen LogP contribution in [0.3, 0.4) is 0 Å². The van der Waals surface area contributed by atoms with Crippen LogP contribution in [0, 0.1) is 0 Å². The molecule has 0 aliphatic heterocycles. The predicted molar refractivity (Wildman–Crippen MR) is 123 cm³/mol. The lowest BCUT2D eigenvalue weighted by atomic mass is 10.2. The second-order valence-electron chi connectivity index (χ2n) is 7.63. The number of carbonyl (C=O) groups is 2. The average Bonchev–Trinajstić information content (AvgIpc) is 3.58. The lowest BCUT2D eigenvalue weighted by molar-refractivity contribution is -0.116. The molecule has 2 N–H and O–H groups in total. The number of anilines is 1. The third-order valence-electron chi connectivity index (χ3n) is 5.27. The number of nitrogens with one attached hydrogen (secondary N) is 2. The van der Waals surface area contributed by atoms with Crippen LogP contribution in [0.4, 0.5) is 10.7 Å². The quantitative estimate of drug-likeness (QED) is 0.567. The molecule has 1 aliphatic rings. The Bertz CT molecular complexity index is 1070. The second-order valence-corrected chi connectivity index (χ2v) is 7.63. The van der Waals surface area contributed by atoms with Crippen molar-refractivity contribution in [3.05, 3.63) is 60.8 Å². The Labute approximate surface area is 187 Å². The highest BCUT2D eigenvalue weighted by atomic mass is 16.5. The minimum atomic E-state index is -0.289. The van der Waals surface area contributed by atoms with E-state index in [0.29, 0.717) is 12.5 Å². The van der Waals surface area contributed by atoms with Crippen LogP contribution in [-0.2, 0) is 4.79 Å². The van der Waals surface area contributed by atoms with Crippen molar-refractivity contribution in [2.75, 3.05) is 25.5 Å². The van der Waals surface area contributed by atoms with Crippen molar-refractivity contribution in [3.8, 4) is 22.7 Å². The lowest BCUT2D eigenvalue weighted by Crippen LogP contribution is -2.45. The van der Waals surface area contributed by atoms with E-state index in [1.807, 2.05) is 72.3 Å². The molecule has 8 heteroatoms. The number of imidazole rings is 1. The van der Waals surface area contributed by atoms with Crippen LogP contribution in [0.1, 0.15) is 19.8 Å². The molecule has 1 aliphatic carbocycles. The summed E-state index contributed by atoms with van der Waals surface area (Å²) in [6.07, 6.45) is 3.72. The number of urea groups is 1. The van der Waals surface area contributed by atoms with Crippen molar-refractivity contribution in [1.82, 2.24) is 19.8 Å². The first-order valence-electron chi connectivity index (χ1n) is 10.7. The summed E-state index contributed by atoms with van der Waals surface area (Å²) in [7, 11) is 1.62. The summed E-state index contributed by atoms with van der Waals surface area (Å²) in [6, 6.07) is 17.2. The molecule has 1 heterocycles. The maximum absolute atomic E-state index is 12.9. The average molecular weight is 434 g/mol. The Kier molecular flexibility index (Phi) is 6.39. The predicted octanol–water partition coefficient (Wildman–Crippen LogP) is 3.68. The molecule has 1 aromatic heterocycles. The maximum Gasteiger partial charge on any atom is 0.318 e. The number of carbonyl (C=O) groups excluding carboxylic acids is 2. The van der Waals surface area contributed by atoms with E-state index in [4.69, 9.17) is 4.74 Å². The monoisotopic (exact) mass is 433 g/mol. The van der Waals surface area contributed by atoms with Crippen LogP contribution in [0.15, 0.2) is 60.8 Å². The molecule has 0 atom stereocenters. The zero-order chi connectivity index (χ0) is 22.5. The number of benzene rings is 2. The van der Waals surface area contributed by atoms with Crippen molar-refractivity contribution >= 4 is 17.9 Å². The van der Waals surface area contributed by atoms with E-state index >= 15 is 0 Å². The van der Waals surface area contributed by atoms with Crippen molar-refractivity contribution in [2.24, 2.45) is 0 Å². The van der Waals surface area contributed by atoms with Crippen molar-refractivity contribution in [1.29, 1.82) is 0 Å². The molecule has 3 amide bonds. The highest BCUT2D eigenvalue weighted by molar-refractivity contribution is 5.93. The topological polar surface area (TPSA) is 88.5 Å². The number of hydrogen-bond acceptors (Lipinski definition) is 4. The molecule has 0 saturated heterocycles. The first kappa shape index (κ1) is 21.4. The van der Waals surface area contributed by atoms with Gasteiger partial charge in [-0.1, -0.05) is 30.3 Å².